The van der Waals surface area contributed by atoms with Gasteiger partial charge in [-0.1, -0.05) is 0 Å². The Balaban J connectivity index is 2.29. The number of nitrogens with two attached hydrogens (primary N) is 1. The van der Waals surface area contributed by atoms with Gasteiger partial charge in [-0.15, -0.1) is 0 Å². The summed E-state index contributed by atoms with van der Waals surface area (Å²) >= 11 is 1.16. The van der Waals surface area contributed by atoms with Gasteiger partial charge in [-0.2, -0.15) is 0 Å². The molecule has 0 fully saturated rings. The first kappa shape index (κ1) is 12.4. The summed E-state index contributed by atoms with van der Waals surface area (Å²) in [4.78, 5) is 19.6. The summed E-state index contributed by atoms with van der Waals surface area (Å²) in [6, 6.07) is 3.10. The van der Waals surface area contributed by atoms with Crippen molar-refractivity contribution >= 4 is 23.4 Å². The number of carbonyl (C=O) groups excluding carboxylic acids is 1. The Morgan fingerprint density at radius 3 is 2.83 bits per heavy atom. The monoisotopic (exact) mass is 265 g/mol. The van der Waals surface area contributed by atoms with Crippen molar-refractivity contribution in [2.75, 3.05) is 12.8 Å². The van der Waals surface area contributed by atoms with Gasteiger partial charge >= 0.3 is 5.97 Å². The van der Waals surface area contributed by atoms with Crippen molar-refractivity contribution in [3.63, 3.8) is 0 Å². The molecule has 0 bridgehead atoms. The number of esters is 1. The first-order chi connectivity index (χ1) is 8.60. The zero-order valence-electron chi connectivity index (χ0n) is 9.84. The van der Waals surface area contributed by atoms with Gasteiger partial charge in [-0.3, -0.25) is 0 Å². The van der Waals surface area contributed by atoms with Gasteiger partial charge < -0.3 is 14.9 Å². The number of oxazole rings is 1. The third-order valence-electron chi connectivity index (χ3n) is 2.07. The first-order valence-electron chi connectivity index (χ1n) is 5.05. The van der Waals surface area contributed by atoms with Crippen LogP contribution in [-0.2, 0) is 4.74 Å². The fraction of sp³-hybridized carbons (Fsp3) is 0.182. The molecule has 2 aromatic heterocycles. The zero-order valence-corrected chi connectivity index (χ0v) is 10.7. The second kappa shape index (κ2) is 5.09. The summed E-state index contributed by atoms with van der Waals surface area (Å²) in [6.45, 7) is 1.81. The van der Waals surface area contributed by atoms with E-state index in [0.717, 1.165) is 17.5 Å². The van der Waals surface area contributed by atoms with Crippen LogP contribution in [0.2, 0.25) is 0 Å². The molecule has 0 aliphatic carbocycles. The van der Waals surface area contributed by atoms with Gasteiger partial charge in [-0.05, 0) is 30.8 Å². The van der Waals surface area contributed by atoms with Crippen LogP contribution in [-0.4, -0.2) is 23.0 Å². The van der Waals surface area contributed by atoms with Crippen LogP contribution in [0.4, 0.5) is 5.69 Å². The van der Waals surface area contributed by atoms with Crippen molar-refractivity contribution in [3.05, 3.63) is 29.8 Å². The standard InChI is InChI=1S/C11H11N3O3S/c1-6-5-17-11(13-6)18-9-7(12)3-4-8(14-9)10(15)16-2/h3-5H,12H2,1-2H3. The molecule has 18 heavy (non-hydrogen) atoms. The number of ether oxygens (including phenoxy) is 1. The van der Waals surface area contributed by atoms with Crippen molar-refractivity contribution in [1.29, 1.82) is 0 Å². The Hall–Kier alpha value is -2.02. The van der Waals surface area contributed by atoms with Gasteiger partial charge in [0, 0.05) is 0 Å². The molecule has 0 spiro atoms. The Bertz CT molecular complexity index is 583. The highest BCUT2D eigenvalue weighted by Gasteiger charge is 2.13. The van der Waals surface area contributed by atoms with Gasteiger partial charge in [0.1, 0.15) is 17.0 Å². The van der Waals surface area contributed by atoms with Gasteiger partial charge in [0.05, 0.1) is 18.5 Å². The number of methoxy groups -OCH3 is 1. The molecule has 7 heteroatoms. The fourth-order valence-electron chi connectivity index (χ4n) is 1.21. The van der Waals surface area contributed by atoms with E-state index < -0.39 is 5.97 Å². The minimum Gasteiger partial charge on any atom is -0.464 e. The van der Waals surface area contributed by atoms with Crippen molar-refractivity contribution in [2.45, 2.75) is 17.2 Å². The Labute approximate surface area is 108 Å². The largest absolute Gasteiger partial charge is 0.464 e. The third kappa shape index (κ3) is 2.62. The topological polar surface area (TPSA) is 91.2 Å². The average Bonchev–Trinajstić information content (AvgIpc) is 2.76. The lowest BCUT2D eigenvalue weighted by Gasteiger charge is -2.04. The van der Waals surface area contributed by atoms with Crippen LogP contribution in [0.25, 0.3) is 0 Å². The number of anilines is 1. The molecule has 2 aromatic rings. The smallest absolute Gasteiger partial charge is 0.356 e. The number of carbonyl (C=O) groups is 1. The minimum atomic E-state index is -0.513. The molecule has 94 valence electrons. The predicted octanol–water partition coefficient (Wildman–Crippen LogP) is 1.90. The number of pyridine rings is 1. The van der Waals surface area contributed by atoms with Gasteiger partial charge in [0.25, 0.3) is 5.22 Å². The molecule has 0 aliphatic heterocycles. The summed E-state index contributed by atoms with van der Waals surface area (Å²) in [5.41, 5.74) is 7.18. The van der Waals surface area contributed by atoms with Gasteiger partial charge in [0.15, 0.2) is 0 Å². The quantitative estimate of drug-likeness (QED) is 0.847. The molecule has 2 rings (SSSR count). The average molecular weight is 265 g/mol. The maximum atomic E-state index is 11.4. The Kier molecular flexibility index (Phi) is 3.52. The van der Waals surface area contributed by atoms with E-state index in [-0.39, 0.29) is 5.69 Å². The summed E-state index contributed by atoms with van der Waals surface area (Å²) in [5.74, 6) is -0.513. The van der Waals surface area contributed by atoms with E-state index in [4.69, 9.17) is 10.2 Å². The summed E-state index contributed by atoms with van der Waals surface area (Å²) in [6.07, 6.45) is 1.53. The predicted molar refractivity (Wildman–Crippen MR) is 65.4 cm³/mol. The number of nitrogens with zero attached hydrogens (tertiary/aromatic N) is 2. The number of aryl methyl sites for hydroxylation is 1. The highest BCUT2D eigenvalue weighted by molar-refractivity contribution is 7.99. The summed E-state index contributed by atoms with van der Waals surface area (Å²) in [5, 5.41) is 0.883. The normalized spacial score (nSPS) is 10.3. The Morgan fingerprint density at radius 1 is 1.44 bits per heavy atom. The second-order valence-electron chi connectivity index (χ2n) is 3.44. The molecule has 0 atom stereocenters. The van der Waals surface area contributed by atoms with Crippen molar-refractivity contribution in [2.24, 2.45) is 0 Å². The lowest BCUT2D eigenvalue weighted by molar-refractivity contribution is 0.0593. The number of aromatic nitrogens is 2. The number of rotatable bonds is 3. The second-order valence-corrected chi connectivity index (χ2v) is 4.38. The highest BCUT2D eigenvalue weighted by Crippen LogP contribution is 2.29. The molecule has 2 heterocycles. The van der Waals surface area contributed by atoms with Crippen LogP contribution in [0.3, 0.4) is 0 Å². The molecule has 0 radical (unpaired) electrons. The molecule has 0 amide bonds. The molecule has 2 N–H and O–H groups in total. The van der Waals surface area contributed by atoms with E-state index in [9.17, 15) is 4.79 Å². The lowest BCUT2D eigenvalue weighted by Crippen LogP contribution is -2.05. The van der Waals surface area contributed by atoms with Gasteiger partial charge in [-0.25, -0.2) is 14.8 Å². The van der Waals surface area contributed by atoms with Crippen molar-refractivity contribution in [3.8, 4) is 0 Å². The number of hydrogen-bond donors (Lipinski definition) is 1. The van der Waals surface area contributed by atoms with Crippen LogP contribution < -0.4 is 5.73 Å². The van der Waals surface area contributed by atoms with E-state index in [0.29, 0.717) is 15.9 Å². The van der Waals surface area contributed by atoms with Crippen LogP contribution in [0, 0.1) is 6.92 Å². The van der Waals surface area contributed by atoms with Crippen molar-refractivity contribution in [1.82, 2.24) is 9.97 Å². The molecule has 0 saturated carbocycles. The zero-order chi connectivity index (χ0) is 13.1. The van der Waals surface area contributed by atoms with E-state index in [1.54, 1.807) is 6.07 Å². The highest BCUT2D eigenvalue weighted by atomic mass is 32.2. The molecule has 6 nitrogen and oxygen atoms in total. The van der Waals surface area contributed by atoms with E-state index in [1.807, 2.05) is 6.92 Å². The van der Waals surface area contributed by atoms with Crippen LogP contribution in [0.15, 0.2) is 33.1 Å². The number of nitrogen functional groups attached to an aromatic ring is 1. The molecular formula is C11H11N3O3S. The van der Waals surface area contributed by atoms with Crippen LogP contribution >= 0.6 is 11.8 Å². The molecule has 0 saturated heterocycles. The van der Waals surface area contributed by atoms with E-state index >= 15 is 0 Å². The fourth-order valence-corrected chi connectivity index (χ4v) is 1.99. The summed E-state index contributed by atoms with van der Waals surface area (Å²) < 4.78 is 9.78. The molecule has 0 aliphatic rings. The maximum Gasteiger partial charge on any atom is 0.356 e. The van der Waals surface area contributed by atoms with Crippen LogP contribution in [0.1, 0.15) is 16.2 Å². The Morgan fingerprint density at radius 2 is 2.22 bits per heavy atom. The molecular weight excluding hydrogens is 254 g/mol. The SMILES string of the molecule is COC(=O)c1ccc(N)c(Sc2nc(C)co2)n1. The minimum absolute atomic E-state index is 0.192. The van der Waals surface area contributed by atoms with Crippen molar-refractivity contribution < 1.29 is 13.9 Å². The third-order valence-corrected chi connectivity index (χ3v) is 2.95. The molecule has 0 unspecified atom stereocenters. The van der Waals surface area contributed by atoms with E-state index in [2.05, 4.69) is 14.7 Å². The number of hydrogen-bond acceptors (Lipinski definition) is 7. The maximum absolute atomic E-state index is 11.4. The van der Waals surface area contributed by atoms with Gasteiger partial charge in [0.2, 0.25) is 0 Å². The summed E-state index contributed by atoms with van der Waals surface area (Å²) in [7, 11) is 1.30. The van der Waals surface area contributed by atoms with E-state index in [1.165, 1.54) is 19.4 Å². The molecule has 0 aromatic carbocycles. The van der Waals surface area contributed by atoms with Crippen LogP contribution in [0.5, 0.6) is 0 Å². The lowest BCUT2D eigenvalue weighted by atomic mass is 10.3. The first-order valence-corrected chi connectivity index (χ1v) is 5.86.